The van der Waals surface area contributed by atoms with Crippen LogP contribution in [0.25, 0.3) is 0 Å². The van der Waals surface area contributed by atoms with Crippen molar-refractivity contribution in [2.75, 3.05) is 4.72 Å². The van der Waals surface area contributed by atoms with E-state index >= 15 is 0 Å². The molecule has 3 nitrogen and oxygen atoms in total. The lowest BCUT2D eigenvalue weighted by Gasteiger charge is -2.14. The average Bonchev–Trinajstić information content (AvgIpc) is 2.41. The summed E-state index contributed by atoms with van der Waals surface area (Å²) in [6, 6.07) is 6.37. The summed E-state index contributed by atoms with van der Waals surface area (Å²) in [5.41, 5.74) is -1.34. The fourth-order valence-electron chi connectivity index (χ4n) is 1.79. The molecule has 9 heteroatoms. The van der Waals surface area contributed by atoms with E-state index < -0.39 is 38.3 Å². The Morgan fingerprint density at radius 2 is 1.65 bits per heavy atom. The van der Waals surface area contributed by atoms with E-state index in [0.717, 1.165) is 5.56 Å². The highest BCUT2D eigenvalue weighted by Gasteiger charge is 2.35. The van der Waals surface area contributed by atoms with Crippen LogP contribution in [0.2, 0.25) is 5.02 Å². The molecule has 0 aliphatic carbocycles. The summed E-state index contributed by atoms with van der Waals surface area (Å²) in [6.45, 7) is 1.74. The molecule has 2 aromatic rings. The Morgan fingerprint density at radius 3 is 2.17 bits per heavy atom. The van der Waals surface area contributed by atoms with Crippen molar-refractivity contribution >= 4 is 27.3 Å². The first-order valence-corrected chi connectivity index (χ1v) is 8.02. The first-order chi connectivity index (χ1) is 10.5. The van der Waals surface area contributed by atoms with Crippen molar-refractivity contribution < 1.29 is 26.0 Å². The maximum atomic E-state index is 13.4. The molecular weight excluding hydrogens is 358 g/mol. The molecule has 2 aromatic carbocycles. The summed E-state index contributed by atoms with van der Waals surface area (Å²) in [5, 5.41) is -0.922. The van der Waals surface area contributed by atoms with Crippen LogP contribution >= 0.6 is 11.6 Å². The zero-order valence-electron chi connectivity index (χ0n) is 11.6. The van der Waals surface area contributed by atoms with Crippen molar-refractivity contribution in [1.29, 1.82) is 0 Å². The predicted octanol–water partition coefficient (Wildman–Crippen LogP) is 4.61. The van der Waals surface area contributed by atoms with Crippen LogP contribution in [0.4, 0.5) is 23.2 Å². The van der Waals surface area contributed by atoms with E-state index in [0.29, 0.717) is 6.07 Å². The van der Waals surface area contributed by atoms with E-state index in [1.807, 2.05) is 4.72 Å². The van der Waals surface area contributed by atoms with Crippen LogP contribution in [0.3, 0.4) is 0 Å². The molecule has 0 saturated carbocycles. The van der Waals surface area contributed by atoms with Crippen LogP contribution < -0.4 is 4.72 Å². The number of rotatable bonds is 3. The molecule has 23 heavy (non-hydrogen) atoms. The normalized spacial score (nSPS) is 12.3. The standard InChI is InChI=1S/C14H10ClF4NO2S/c1-8-2-4-10(5-3-8)23(21,22)20-12-7-9(16)6-11(13(12)15)14(17,18)19/h2-7,20H,1H3. The lowest BCUT2D eigenvalue weighted by Crippen LogP contribution is -2.15. The van der Waals surface area contributed by atoms with Gasteiger partial charge in [0.2, 0.25) is 0 Å². The fraction of sp³-hybridized carbons (Fsp3) is 0.143. The van der Waals surface area contributed by atoms with E-state index in [4.69, 9.17) is 11.6 Å². The highest BCUT2D eigenvalue weighted by atomic mass is 35.5. The largest absolute Gasteiger partial charge is 0.418 e. The Balaban J connectivity index is 2.48. The van der Waals surface area contributed by atoms with Crippen LogP contribution in [0, 0.1) is 12.7 Å². The van der Waals surface area contributed by atoms with Crippen LogP contribution in [-0.2, 0) is 16.2 Å². The van der Waals surface area contributed by atoms with Gasteiger partial charge in [-0.3, -0.25) is 4.72 Å². The molecule has 124 valence electrons. The molecule has 0 atom stereocenters. The number of hydrogen-bond donors (Lipinski definition) is 1. The second-order valence-electron chi connectivity index (χ2n) is 4.73. The summed E-state index contributed by atoms with van der Waals surface area (Å²) >= 11 is 5.57. The molecule has 0 bridgehead atoms. The molecule has 2 rings (SSSR count). The molecule has 0 radical (unpaired) electrons. The molecule has 1 N–H and O–H groups in total. The number of nitrogens with one attached hydrogen (secondary N) is 1. The maximum absolute atomic E-state index is 13.4. The van der Waals surface area contributed by atoms with Gasteiger partial charge >= 0.3 is 6.18 Å². The highest BCUT2D eigenvalue weighted by Crippen LogP contribution is 2.39. The summed E-state index contributed by atoms with van der Waals surface area (Å²) < 4.78 is 77.9. The number of sulfonamides is 1. The van der Waals surface area contributed by atoms with Crippen molar-refractivity contribution in [3.8, 4) is 0 Å². The van der Waals surface area contributed by atoms with Gasteiger partial charge in [-0.25, -0.2) is 12.8 Å². The minimum Gasteiger partial charge on any atom is -0.278 e. The minimum absolute atomic E-state index is 0.183. The van der Waals surface area contributed by atoms with E-state index in [1.54, 1.807) is 6.92 Å². The van der Waals surface area contributed by atoms with Crippen LogP contribution in [0.1, 0.15) is 11.1 Å². The third-order valence-electron chi connectivity index (χ3n) is 2.92. The van der Waals surface area contributed by atoms with Gasteiger partial charge in [0.05, 0.1) is 21.2 Å². The summed E-state index contributed by atoms with van der Waals surface area (Å²) in [5.74, 6) is -1.26. The lowest BCUT2D eigenvalue weighted by atomic mass is 10.2. The van der Waals surface area contributed by atoms with Gasteiger partial charge in [0.15, 0.2) is 0 Å². The first-order valence-electron chi connectivity index (χ1n) is 6.16. The monoisotopic (exact) mass is 367 g/mol. The SMILES string of the molecule is Cc1ccc(S(=O)(=O)Nc2cc(F)cc(C(F)(F)F)c2Cl)cc1. The topological polar surface area (TPSA) is 46.2 Å². The number of benzene rings is 2. The molecule has 0 fully saturated rings. The molecular formula is C14H10ClF4NO2S. The van der Waals surface area contributed by atoms with E-state index in [9.17, 15) is 26.0 Å². The molecule has 0 heterocycles. The van der Waals surface area contributed by atoms with Crippen molar-refractivity contribution in [3.63, 3.8) is 0 Å². The quantitative estimate of drug-likeness (QED) is 0.805. The van der Waals surface area contributed by atoms with E-state index in [-0.39, 0.29) is 11.0 Å². The Hall–Kier alpha value is -1.80. The van der Waals surface area contributed by atoms with Crippen molar-refractivity contribution in [2.45, 2.75) is 18.0 Å². The Labute approximate surface area is 134 Å². The van der Waals surface area contributed by atoms with Crippen molar-refractivity contribution in [3.05, 3.63) is 58.4 Å². The Kier molecular flexibility index (Phi) is 4.59. The van der Waals surface area contributed by atoms with Crippen molar-refractivity contribution in [1.82, 2.24) is 0 Å². The van der Waals surface area contributed by atoms with Gasteiger partial charge in [-0.15, -0.1) is 0 Å². The molecule has 0 aliphatic heterocycles. The van der Waals surface area contributed by atoms with Crippen LogP contribution in [0.15, 0.2) is 41.3 Å². The second-order valence-corrected chi connectivity index (χ2v) is 6.79. The van der Waals surface area contributed by atoms with Gasteiger partial charge in [-0.2, -0.15) is 13.2 Å². The van der Waals surface area contributed by atoms with Crippen LogP contribution in [-0.4, -0.2) is 8.42 Å². The second kappa shape index (κ2) is 6.01. The number of anilines is 1. The fourth-order valence-corrected chi connectivity index (χ4v) is 3.17. The average molecular weight is 368 g/mol. The third kappa shape index (κ3) is 3.94. The number of hydrogen-bond acceptors (Lipinski definition) is 2. The number of halogens is 5. The van der Waals surface area contributed by atoms with Gasteiger partial charge in [-0.05, 0) is 31.2 Å². The molecule has 0 aromatic heterocycles. The van der Waals surface area contributed by atoms with Gasteiger partial charge in [-0.1, -0.05) is 29.3 Å². The lowest BCUT2D eigenvalue weighted by molar-refractivity contribution is -0.137. The third-order valence-corrected chi connectivity index (χ3v) is 4.71. The first kappa shape index (κ1) is 17.6. The van der Waals surface area contributed by atoms with Gasteiger partial charge in [0.25, 0.3) is 10.0 Å². The molecule has 0 saturated heterocycles. The molecule has 0 spiro atoms. The molecule has 0 unspecified atom stereocenters. The molecule has 0 amide bonds. The van der Waals surface area contributed by atoms with Crippen molar-refractivity contribution in [2.24, 2.45) is 0 Å². The molecule has 0 aliphatic rings. The van der Waals surface area contributed by atoms with Gasteiger partial charge < -0.3 is 0 Å². The van der Waals surface area contributed by atoms with E-state index in [1.165, 1.54) is 24.3 Å². The number of alkyl halides is 3. The summed E-state index contributed by atoms with van der Waals surface area (Å²) in [6.07, 6.45) is -4.91. The van der Waals surface area contributed by atoms with Crippen LogP contribution in [0.5, 0.6) is 0 Å². The Morgan fingerprint density at radius 1 is 1.09 bits per heavy atom. The van der Waals surface area contributed by atoms with Gasteiger partial charge in [0, 0.05) is 0 Å². The minimum atomic E-state index is -4.91. The Bertz CT molecular complexity index is 833. The highest BCUT2D eigenvalue weighted by molar-refractivity contribution is 7.92. The van der Waals surface area contributed by atoms with Gasteiger partial charge in [0.1, 0.15) is 5.82 Å². The zero-order chi connectivity index (χ0) is 17.4. The van der Waals surface area contributed by atoms with E-state index in [2.05, 4.69) is 0 Å². The summed E-state index contributed by atoms with van der Waals surface area (Å²) in [7, 11) is -4.20. The maximum Gasteiger partial charge on any atom is 0.418 e. The smallest absolute Gasteiger partial charge is 0.278 e. The zero-order valence-corrected chi connectivity index (χ0v) is 13.2. The predicted molar refractivity (Wildman–Crippen MR) is 78.4 cm³/mol. The number of aryl methyl sites for hydroxylation is 1. The summed E-state index contributed by atoms with van der Waals surface area (Å²) in [4.78, 5) is -0.183.